The van der Waals surface area contributed by atoms with Crippen LogP contribution < -0.4 is 10.5 Å². The van der Waals surface area contributed by atoms with Crippen molar-refractivity contribution in [3.8, 4) is 5.75 Å². The number of carbonyl (C=O) groups is 1. The van der Waals surface area contributed by atoms with Gasteiger partial charge in [0, 0.05) is 31.5 Å². The number of methoxy groups -OCH3 is 1. The lowest BCUT2D eigenvalue weighted by Crippen LogP contribution is -2.26. The second-order valence-corrected chi connectivity index (χ2v) is 4.47. The molecular weight excluding hydrogens is 254 g/mol. The zero-order valence-electron chi connectivity index (χ0n) is 11.5. The molecule has 0 unspecified atom stereocenters. The second-order valence-electron chi connectivity index (χ2n) is 4.47. The summed E-state index contributed by atoms with van der Waals surface area (Å²) >= 11 is 0. The van der Waals surface area contributed by atoms with Crippen molar-refractivity contribution < 1.29 is 9.53 Å². The number of aromatic nitrogens is 1. The molecule has 2 rings (SSSR count). The lowest BCUT2D eigenvalue weighted by molar-refractivity contribution is 0.0784. The summed E-state index contributed by atoms with van der Waals surface area (Å²) in [6, 6.07) is 8.79. The molecule has 0 spiro atoms. The number of rotatable bonds is 4. The molecule has 5 nitrogen and oxygen atoms in total. The quantitative estimate of drug-likeness (QED) is 0.863. The monoisotopic (exact) mass is 271 g/mol. The van der Waals surface area contributed by atoms with E-state index < -0.39 is 0 Å². The average molecular weight is 271 g/mol. The number of hydrogen-bond donors (Lipinski definition) is 1. The predicted molar refractivity (Wildman–Crippen MR) is 77.4 cm³/mol. The Morgan fingerprint density at radius 3 is 2.65 bits per heavy atom. The van der Waals surface area contributed by atoms with Crippen molar-refractivity contribution in [2.75, 3.05) is 19.9 Å². The third-order valence-electron chi connectivity index (χ3n) is 3.00. The highest BCUT2D eigenvalue weighted by Gasteiger charge is 2.13. The molecule has 20 heavy (non-hydrogen) atoms. The Hall–Kier alpha value is -2.56. The Balaban J connectivity index is 2.14. The summed E-state index contributed by atoms with van der Waals surface area (Å²) in [5, 5.41) is 0. The third kappa shape index (κ3) is 3.06. The van der Waals surface area contributed by atoms with Gasteiger partial charge in [0.05, 0.1) is 12.8 Å². The van der Waals surface area contributed by atoms with Crippen LogP contribution in [0.25, 0.3) is 0 Å². The summed E-state index contributed by atoms with van der Waals surface area (Å²) in [5.41, 5.74) is 7.83. The predicted octanol–water partition coefficient (Wildman–Crippen LogP) is 1.94. The highest BCUT2D eigenvalue weighted by atomic mass is 16.5. The first-order valence-corrected chi connectivity index (χ1v) is 6.19. The molecule has 1 heterocycles. The van der Waals surface area contributed by atoms with E-state index in [1.807, 2.05) is 12.1 Å². The molecule has 0 saturated carbocycles. The molecule has 0 aliphatic heterocycles. The molecule has 1 amide bonds. The molecular formula is C15H17N3O2. The van der Waals surface area contributed by atoms with E-state index in [1.54, 1.807) is 42.5 Å². The highest BCUT2D eigenvalue weighted by molar-refractivity contribution is 5.95. The summed E-state index contributed by atoms with van der Waals surface area (Å²) in [4.78, 5) is 17.9. The highest BCUT2D eigenvalue weighted by Crippen LogP contribution is 2.23. The minimum Gasteiger partial charge on any atom is -0.495 e. The molecule has 104 valence electrons. The summed E-state index contributed by atoms with van der Waals surface area (Å²) < 4.78 is 5.13. The fourth-order valence-corrected chi connectivity index (χ4v) is 1.90. The Morgan fingerprint density at radius 1 is 1.30 bits per heavy atom. The van der Waals surface area contributed by atoms with Crippen molar-refractivity contribution in [1.29, 1.82) is 0 Å². The molecule has 0 atom stereocenters. The van der Waals surface area contributed by atoms with Crippen LogP contribution in [-0.2, 0) is 6.54 Å². The zero-order chi connectivity index (χ0) is 14.5. The van der Waals surface area contributed by atoms with E-state index in [1.165, 1.54) is 7.11 Å². The SMILES string of the molecule is COc1cc(C(=O)N(C)Cc2ccncc2)ccc1N. The van der Waals surface area contributed by atoms with Crippen molar-refractivity contribution in [3.05, 3.63) is 53.9 Å². The second kappa shape index (κ2) is 6.06. The van der Waals surface area contributed by atoms with Gasteiger partial charge in [-0.1, -0.05) is 0 Å². The van der Waals surface area contributed by atoms with Gasteiger partial charge in [0.15, 0.2) is 0 Å². The van der Waals surface area contributed by atoms with Crippen molar-refractivity contribution in [3.63, 3.8) is 0 Å². The molecule has 0 bridgehead atoms. The molecule has 0 radical (unpaired) electrons. The van der Waals surface area contributed by atoms with Gasteiger partial charge in [0.1, 0.15) is 5.75 Å². The lowest BCUT2D eigenvalue weighted by Gasteiger charge is -2.18. The standard InChI is InChI=1S/C15H17N3O2/c1-18(10-11-5-7-17-8-6-11)15(19)12-3-4-13(16)14(9-12)20-2/h3-9H,10,16H2,1-2H3. The van der Waals surface area contributed by atoms with Crippen LogP contribution in [0.2, 0.25) is 0 Å². The van der Waals surface area contributed by atoms with Crippen LogP contribution in [0.4, 0.5) is 5.69 Å². The van der Waals surface area contributed by atoms with Crippen molar-refractivity contribution in [1.82, 2.24) is 9.88 Å². The van der Waals surface area contributed by atoms with Gasteiger partial charge in [0.2, 0.25) is 0 Å². The fraction of sp³-hybridized carbons (Fsp3) is 0.200. The van der Waals surface area contributed by atoms with Crippen LogP contribution in [0.15, 0.2) is 42.7 Å². The van der Waals surface area contributed by atoms with E-state index in [4.69, 9.17) is 10.5 Å². The molecule has 2 N–H and O–H groups in total. The van der Waals surface area contributed by atoms with Crippen molar-refractivity contribution >= 4 is 11.6 Å². The van der Waals surface area contributed by atoms with Crippen LogP contribution in [0.1, 0.15) is 15.9 Å². The summed E-state index contributed by atoms with van der Waals surface area (Å²) in [6.45, 7) is 0.522. The smallest absolute Gasteiger partial charge is 0.254 e. The fourth-order valence-electron chi connectivity index (χ4n) is 1.90. The van der Waals surface area contributed by atoms with Crippen LogP contribution in [0.5, 0.6) is 5.75 Å². The lowest BCUT2D eigenvalue weighted by atomic mass is 10.1. The Kier molecular flexibility index (Phi) is 4.20. The number of benzene rings is 1. The van der Waals surface area contributed by atoms with Gasteiger partial charge < -0.3 is 15.4 Å². The van der Waals surface area contributed by atoms with Gasteiger partial charge in [-0.25, -0.2) is 0 Å². The summed E-state index contributed by atoms with van der Waals surface area (Å²) in [7, 11) is 3.28. The van der Waals surface area contributed by atoms with Gasteiger partial charge in [-0.05, 0) is 35.9 Å². The van der Waals surface area contributed by atoms with Gasteiger partial charge in [-0.15, -0.1) is 0 Å². The van der Waals surface area contributed by atoms with E-state index in [0.29, 0.717) is 23.5 Å². The van der Waals surface area contributed by atoms with E-state index >= 15 is 0 Å². The molecule has 5 heteroatoms. The largest absolute Gasteiger partial charge is 0.495 e. The zero-order valence-corrected chi connectivity index (χ0v) is 11.5. The number of nitrogen functional groups attached to an aromatic ring is 1. The molecule has 0 aliphatic carbocycles. The van der Waals surface area contributed by atoms with Crippen molar-refractivity contribution in [2.45, 2.75) is 6.54 Å². The normalized spacial score (nSPS) is 10.1. The summed E-state index contributed by atoms with van der Waals surface area (Å²) in [5.74, 6) is 0.424. The van der Waals surface area contributed by atoms with Crippen LogP contribution >= 0.6 is 0 Å². The van der Waals surface area contributed by atoms with E-state index in [9.17, 15) is 4.79 Å². The van der Waals surface area contributed by atoms with E-state index in [2.05, 4.69) is 4.98 Å². The van der Waals surface area contributed by atoms with Crippen LogP contribution in [-0.4, -0.2) is 29.9 Å². The van der Waals surface area contributed by atoms with Gasteiger partial charge in [-0.2, -0.15) is 0 Å². The maximum absolute atomic E-state index is 12.3. The number of hydrogen-bond acceptors (Lipinski definition) is 4. The average Bonchev–Trinajstić information content (AvgIpc) is 2.48. The number of amides is 1. The maximum Gasteiger partial charge on any atom is 0.254 e. The summed E-state index contributed by atoms with van der Waals surface area (Å²) in [6.07, 6.45) is 3.42. The Bertz CT molecular complexity index is 599. The van der Waals surface area contributed by atoms with Gasteiger partial charge >= 0.3 is 0 Å². The molecule has 2 aromatic rings. The first-order chi connectivity index (χ1) is 9.61. The van der Waals surface area contributed by atoms with Crippen molar-refractivity contribution in [2.24, 2.45) is 0 Å². The van der Waals surface area contributed by atoms with Gasteiger partial charge in [0.25, 0.3) is 5.91 Å². The molecule has 1 aromatic carbocycles. The van der Waals surface area contributed by atoms with Crippen LogP contribution in [0.3, 0.4) is 0 Å². The molecule has 0 fully saturated rings. The van der Waals surface area contributed by atoms with Gasteiger partial charge in [-0.3, -0.25) is 9.78 Å². The van der Waals surface area contributed by atoms with Crippen LogP contribution in [0, 0.1) is 0 Å². The molecule has 0 aliphatic rings. The molecule has 0 saturated heterocycles. The Morgan fingerprint density at radius 2 is 2.00 bits per heavy atom. The third-order valence-corrected chi connectivity index (χ3v) is 3.00. The number of pyridine rings is 1. The minimum absolute atomic E-state index is 0.0832. The number of anilines is 1. The minimum atomic E-state index is -0.0832. The number of nitrogens with zero attached hydrogens (tertiary/aromatic N) is 2. The number of carbonyl (C=O) groups excluding carboxylic acids is 1. The topological polar surface area (TPSA) is 68.5 Å². The number of ether oxygens (including phenoxy) is 1. The number of nitrogens with two attached hydrogens (primary N) is 1. The Labute approximate surface area is 118 Å². The maximum atomic E-state index is 12.3. The first-order valence-electron chi connectivity index (χ1n) is 6.19. The van der Waals surface area contributed by atoms with E-state index in [-0.39, 0.29) is 5.91 Å². The van der Waals surface area contributed by atoms with E-state index in [0.717, 1.165) is 5.56 Å². The molecule has 1 aromatic heterocycles. The first kappa shape index (κ1) is 13.9.